The largest absolute Gasteiger partial charge is 0.350 e. The normalized spacial score (nSPS) is 18.0. The highest BCUT2D eigenvalue weighted by atomic mass is 16.6. The fourth-order valence-electron chi connectivity index (χ4n) is 2.72. The van der Waals surface area contributed by atoms with Gasteiger partial charge in [0, 0.05) is 18.7 Å². The lowest BCUT2D eigenvalue weighted by atomic mass is 10.1. The fourth-order valence-corrected chi connectivity index (χ4v) is 2.72. The predicted octanol–water partition coefficient (Wildman–Crippen LogP) is 3.67. The second-order valence-corrected chi connectivity index (χ2v) is 5.30. The smallest absolute Gasteiger partial charge is 0.287 e. The van der Waals surface area contributed by atoms with Crippen molar-refractivity contribution in [2.45, 2.75) is 18.9 Å². The van der Waals surface area contributed by atoms with Gasteiger partial charge < -0.3 is 4.90 Å². The van der Waals surface area contributed by atoms with E-state index in [0.29, 0.717) is 0 Å². The first-order chi connectivity index (χ1) is 10.7. The summed E-state index contributed by atoms with van der Waals surface area (Å²) in [4.78, 5) is 16.7. The SMILES string of the molecule is O=[N+]([O-])c1ccc(N2CCCC2C=Cc2ccccc2)nc1. The molecular formula is C17H17N3O2. The summed E-state index contributed by atoms with van der Waals surface area (Å²) in [7, 11) is 0. The van der Waals surface area contributed by atoms with Crippen LogP contribution >= 0.6 is 0 Å². The van der Waals surface area contributed by atoms with Crippen LogP contribution in [0.15, 0.2) is 54.7 Å². The molecular weight excluding hydrogens is 278 g/mol. The zero-order chi connectivity index (χ0) is 15.4. The molecule has 2 aromatic rings. The quantitative estimate of drug-likeness (QED) is 0.638. The van der Waals surface area contributed by atoms with Crippen LogP contribution < -0.4 is 4.90 Å². The zero-order valence-electron chi connectivity index (χ0n) is 12.1. The van der Waals surface area contributed by atoms with Crippen molar-refractivity contribution in [1.29, 1.82) is 0 Å². The number of benzene rings is 1. The van der Waals surface area contributed by atoms with E-state index in [2.05, 4.69) is 34.2 Å². The molecule has 2 heterocycles. The van der Waals surface area contributed by atoms with E-state index in [1.54, 1.807) is 6.07 Å². The lowest BCUT2D eigenvalue weighted by Gasteiger charge is -2.23. The number of hydrogen-bond acceptors (Lipinski definition) is 4. The summed E-state index contributed by atoms with van der Waals surface area (Å²) in [5.41, 5.74) is 1.20. The Morgan fingerprint density at radius 2 is 2.05 bits per heavy atom. The molecule has 22 heavy (non-hydrogen) atoms. The third kappa shape index (κ3) is 3.14. The molecule has 1 saturated heterocycles. The molecule has 112 valence electrons. The molecule has 0 bridgehead atoms. The number of pyridine rings is 1. The minimum absolute atomic E-state index is 0.0272. The first kappa shape index (κ1) is 14.3. The van der Waals surface area contributed by atoms with E-state index >= 15 is 0 Å². The van der Waals surface area contributed by atoms with E-state index in [1.165, 1.54) is 17.8 Å². The number of nitrogens with zero attached hydrogens (tertiary/aromatic N) is 3. The molecule has 0 aliphatic carbocycles. The molecule has 1 atom stereocenters. The van der Waals surface area contributed by atoms with Gasteiger partial charge in [0.25, 0.3) is 5.69 Å². The first-order valence-electron chi connectivity index (χ1n) is 7.34. The van der Waals surface area contributed by atoms with Crippen molar-refractivity contribution in [2.24, 2.45) is 0 Å². The lowest BCUT2D eigenvalue weighted by molar-refractivity contribution is -0.385. The third-order valence-corrected chi connectivity index (χ3v) is 3.85. The molecule has 5 heteroatoms. The average molecular weight is 295 g/mol. The van der Waals surface area contributed by atoms with Crippen molar-refractivity contribution in [3.63, 3.8) is 0 Å². The molecule has 1 aliphatic rings. The molecule has 3 rings (SSSR count). The maximum atomic E-state index is 10.7. The van der Waals surface area contributed by atoms with Gasteiger partial charge in [-0.3, -0.25) is 10.1 Å². The van der Waals surface area contributed by atoms with Crippen molar-refractivity contribution in [3.8, 4) is 0 Å². The monoisotopic (exact) mass is 295 g/mol. The van der Waals surface area contributed by atoms with E-state index in [9.17, 15) is 10.1 Å². The van der Waals surface area contributed by atoms with Crippen LogP contribution in [0.3, 0.4) is 0 Å². The van der Waals surface area contributed by atoms with Crippen LogP contribution in [-0.2, 0) is 0 Å². The molecule has 1 aromatic carbocycles. The van der Waals surface area contributed by atoms with Gasteiger partial charge in [-0.15, -0.1) is 0 Å². The summed E-state index contributed by atoms with van der Waals surface area (Å²) in [6, 6.07) is 13.7. The summed E-state index contributed by atoms with van der Waals surface area (Å²) < 4.78 is 0. The number of anilines is 1. The van der Waals surface area contributed by atoms with Gasteiger partial charge in [-0.05, 0) is 24.5 Å². The van der Waals surface area contributed by atoms with Crippen molar-refractivity contribution < 1.29 is 4.92 Å². The Bertz CT molecular complexity index is 668. The molecule has 1 unspecified atom stereocenters. The Hall–Kier alpha value is -2.69. The fraction of sp³-hybridized carbons (Fsp3) is 0.235. The van der Waals surface area contributed by atoms with E-state index in [-0.39, 0.29) is 11.7 Å². The number of nitro groups is 1. The summed E-state index contributed by atoms with van der Waals surface area (Å²) in [5.74, 6) is 0.797. The standard InChI is InChI=1S/C17H17N3O2/c21-20(22)16-10-11-17(18-13-16)19-12-4-7-15(19)9-8-14-5-2-1-3-6-14/h1-3,5-6,8-11,13,15H,4,7,12H2. The van der Waals surface area contributed by atoms with Gasteiger partial charge in [0.15, 0.2) is 0 Å². The Morgan fingerprint density at radius 1 is 1.23 bits per heavy atom. The highest BCUT2D eigenvalue weighted by Gasteiger charge is 2.23. The van der Waals surface area contributed by atoms with Gasteiger partial charge in [-0.2, -0.15) is 0 Å². The molecule has 1 fully saturated rings. The molecule has 5 nitrogen and oxygen atoms in total. The van der Waals surface area contributed by atoms with Crippen LogP contribution in [0.25, 0.3) is 6.08 Å². The van der Waals surface area contributed by atoms with Crippen LogP contribution in [0, 0.1) is 10.1 Å². The van der Waals surface area contributed by atoms with Gasteiger partial charge in [-0.1, -0.05) is 42.5 Å². The molecule has 0 amide bonds. The summed E-state index contributed by atoms with van der Waals surface area (Å²) in [6.45, 7) is 0.925. The van der Waals surface area contributed by atoms with Crippen molar-refractivity contribution in [3.05, 3.63) is 70.4 Å². The van der Waals surface area contributed by atoms with Crippen LogP contribution in [0.2, 0.25) is 0 Å². The van der Waals surface area contributed by atoms with Gasteiger partial charge in [-0.25, -0.2) is 4.98 Å². The predicted molar refractivity (Wildman–Crippen MR) is 86.7 cm³/mol. The maximum Gasteiger partial charge on any atom is 0.287 e. The van der Waals surface area contributed by atoms with Crippen LogP contribution in [0.4, 0.5) is 11.5 Å². The summed E-state index contributed by atoms with van der Waals surface area (Å²) in [6.07, 6.45) is 7.80. The summed E-state index contributed by atoms with van der Waals surface area (Å²) >= 11 is 0. The van der Waals surface area contributed by atoms with Gasteiger partial charge in [0.05, 0.1) is 4.92 Å². The van der Waals surface area contributed by atoms with Crippen LogP contribution in [-0.4, -0.2) is 22.5 Å². The second-order valence-electron chi connectivity index (χ2n) is 5.30. The Labute approximate surface area is 129 Å². The number of hydrogen-bond donors (Lipinski definition) is 0. The van der Waals surface area contributed by atoms with E-state index in [4.69, 9.17) is 0 Å². The average Bonchev–Trinajstić information content (AvgIpc) is 3.02. The van der Waals surface area contributed by atoms with Crippen molar-refractivity contribution >= 4 is 17.6 Å². The Balaban J connectivity index is 1.75. The van der Waals surface area contributed by atoms with E-state index < -0.39 is 4.92 Å². The van der Waals surface area contributed by atoms with Crippen LogP contribution in [0.5, 0.6) is 0 Å². The van der Waals surface area contributed by atoms with Crippen LogP contribution in [0.1, 0.15) is 18.4 Å². The van der Waals surface area contributed by atoms with Gasteiger partial charge in [0.2, 0.25) is 0 Å². The summed E-state index contributed by atoms with van der Waals surface area (Å²) in [5, 5.41) is 10.7. The maximum absolute atomic E-state index is 10.7. The molecule has 0 N–H and O–H groups in total. The zero-order valence-corrected chi connectivity index (χ0v) is 12.1. The molecule has 1 aliphatic heterocycles. The van der Waals surface area contributed by atoms with Gasteiger partial charge in [0.1, 0.15) is 12.0 Å². The Morgan fingerprint density at radius 3 is 2.73 bits per heavy atom. The lowest BCUT2D eigenvalue weighted by Crippen LogP contribution is -2.28. The topological polar surface area (TPSA) is 59.3 Å². The second kappa shape index (κ2) is 6.39. The minimum Gasteiger partial charge on any atom is -0.350 e. The third-order valence-electron chi connectivity index (χ3n) is 3.85. The highest BCUT2D eigenvalue weighted by molar-refractivity contribution is 5.53. The van der Waals surface area contributed by atoms with E-state index in [1.807, 2.05) is 18.2 Å². The molecule has 0 saturated carbocycles. The molecule has 0 radical (unpaired) electrons. The van der Waals surface area contributed by atoms with Crippen molar-refractivity contribution in [1.82, 2.24) is 4.98 Å². The minimum atomic E-state index is -0.423. The van der Waals surface area contributed by atoms with Crippen molar-refractivity contribution in [2.75, 3.05) is 11.4 Å². The number of aromatic nitrogens is 1. The highest BCUT2D eigenvalue weighted by Crippen LogP contribution is 2.26. The number of rotatable bonds is 4. The Kier molecular flexibility index (Phi) is 4.14. The van der Waals surface area contributed by atoms with Gasteiger partial charge >= 0.3 is 0 Å². The first-order valence-corrected chi connectivity index (χ1v) is 7.34. The molecule has 1 aromatic heterocycles. The molecule has 0 spiro atoms. The van der Waals surface area contributed by atoms with E-state index in [0.717, 1.165) is 25.2 Å².